The van der Waals surface area contributed by atoms with Gasteiger partial charge in [-0.25, -0.2) is 0 Å². The lowest BCUT2D eigenvalue weighted by Crippen LogP contribution is -2.13. The highest BCUT2D eigenvalue weighted by Crippen LogP contribution is 2.19. The van der Waals surface area contributed by atoms with E-state index in [4.69, 9.17) is 20.6 Å². The molecular formula is C15H25N3O2. The van der Waals surface area contributed by atoms with Crippen molar-refractivity contribution < 1.29 is 9.47 Å². The molecule has 20 heavy (non-hydrogen) atoms. The van der Waals surface area contributed by atoms with Gasteiger partial charge in [0.2, 0.25) is 0 Å². The summed E-state index contributed by atoms with van der Waals surface area (Å²) in [4.78, 5) is 0. The van der Waals surface area contributed by atoms with E-state index in [1.54, 1.807) is 6.07 Å². The van der Waals surface area contributed by atoms with Crippen molar-refractivity contribution in [2.24, 2.45) is 0 Å². The van der Waals surface area contributed by atoms with Crippen LogP contribution in [0.1, 0.15) is 12.5 Å². The molecule has 5 nitrogen and oxygen atoms in total. The molecule has 112 valence electrons. The van der Waals surface area contributed by atoms with E-state index in [2.05, 4.69) is 18.5 Å². The molecule has 5 heteroatoms. The van der Waals surface area contributed by atoms with E-state index in [0.29, 0.717) is 44.2 Å². The van der Waals surface area contributed by atoms with E-state index >= 15 is 0 Å². The van der Waals surface area contributed by atoms with Gasteiger partial charge in [-0.1, -0.05) is 6.07 Å². The highest BCUT2D eigenvalue weighted by Gasteiger charge is 2.02. The molecule has 0 aliphatic rings. The quantitative estimate of drug-likeness (QED) is 0.281. The predicted molar refractivity (Wildman–Crippen MR) is 85.8 cm³/mol. The van der Waals surface area contributed by atoms with E-state index in [9.17, 15) is 0 Å². The Morgan fingerprint density at radius 1 is 1.25 bits per heavy atom. The van der Waals surface area contributed by atoms with E-state index < -0.39 is 0 Å². The minimum absolute atomic E-state index is 0.597. The van der Waals surface area contributed by atoms with Gasteiger partial charge < -0.3 is 25.9 Å². The summed E-state index contributed by atoms with van der Waals surface area (Å²) in [7, 11) is 0. The van der Waals surface area contributed by atoms with Gasteiger partial charge >= 0.3 is 0 Å². The summed E-state index contributed by atoms with van der Waals surface area (Å²) in [5.74, 6) is 0. The number of benzene rings is 1. The third kappa shape index (κ3) is 6.92. The average molecular weight is 279 g/mol. The minimum Gasteiger partial charge on any atom is -0.398 e. The first kappa shape index (κ1) is 18.1. The number of nitrogen functional groups attached to an aromatic ring is 1. The number of hydrogen-bond donors (Lipinski definition) is 3. The highest BCUT2D eigenvalue weighted by atomic mass is 16.5. The molecule has 0 amide bonds. The maximum atomic E-state index is 7.33. The summed E-state index contributed by atoms with van der Waals surface area (Å²) >= 11 is 0. The molecule has 0 atom stereocenters. The fraction of sp³-hybridized carbons (Fsp3) is 0.400. The van der Waals surface area contributed by atoms with Gasteiger partial charge in [0.15, 0.2) is 0 Å². The maximum absolute atomic E-state index is 7.33. The van der Waals surface area contributed by atoms with Crippen molar-refractivity contribution >= 4 is 17.6 Å². The van der Waals surface area contributed by atoms with Crippen LogP contribution < -0.4 is 11.1 Å². The summed E-state index contributed by atoms with van der Waals surface area (Å²) in [5, 5.41) is 10.5. The van der Waals surface area contributed by atoms with Crippen molar-refractivity contribution in [3.63, 3.8) is 0 Å². The van der Waals surface area contributed by atoms with Crippen molar-refractivity contribution in [2.45, 2.75) is 6.92 Å². The Balaban J connectivity index is 0.00000172. The summed E-state index contributed by atoms with van der Waals surface area (Å²) < 4.78 is 10.5. The highest BCUT2D eigenvalue weighted by molar-refractivity contribution is 5.92. The number of anilines is 2. The lowest BCUT2D eigenvalue weighted by Gasteiger charge is -2.11. The van der Waals surface area contributed by atoms with Gasteiger partial charge in [-0.15, -0.1) is 13.2 Å². The van der Waals surface area contributed by atoms with Gasteiger partial charge in [0, 0.05) is 36.3 Å². The molecule has 0 unspecified atom stereocenters. The van der Waals surface area contributed by atoms with Crippen LogP contribution in [-0.2, 0) is 9.47 Å². The van der Waals surface area contributed by atoms with E-state index in [1.807, 2.05) is 19.1 Å². The number of rotatable bonds is 9. The van der Waals surface area contributed by atoms with Crippen LogP contribution in [0, 0.1) is 5.41 Å². The van der Waals surface area contributed by atoms with E-state index in [-0.39, 0.29) is 0 Å². The molecule has 0 spiro atoms. The van der Waals surface area contributed by atoms with Crippen molar-refractivity contribution in [1.82, 2.24) is 0 Å². The van der Waals surface area contributed by atoms with Crippen molar-refractivity contribution in [2.75, 3.05) is 44.0 Å². The molecule has 1 aromatic rings. The lowest BCUT2D eigenvalue weighted by molar-refractivity contribution is 0.0570. The molecule has 1 aromatic carbocycles. The Kier molecular flexibility index (Phi) is 11.1. The summed E-state index contributed by atoms with van der Waals surface area (Å²) in [6, 6.07) is 5.54. The largest absolute Gasteiger partial charge is 0.398 e. The number of hydrogen-bond acceptors (Lipinski definition) is 5. The van der Waals surface area contributed by atoms with Gasteiger partial charge in [-0.3, -0.25) is 0 Å². The van der Waals surface area contributed by atoms with Crippen LogP contribution in [0.25, 0.3) is 0 Å². The molecule has 4 N–H and O–H groups in total. The minimum atomic E-state index is 0.597. The Morgan fingerprint density at radius 2 is 1.95 bits per heavy atom. The molecule has 0 saturated heterocycles. The zero-order chi connectivity index (χ0) is 15.2. The number of nitrogens with two attached hydrogens (primary N) is 1. The average Bonchev–Trinajstić information content (AvgIpc) is 2.48. The lowest BCUT2D eigenvalue weighted by atomic mass is 10.1. The molecule has 0 radical (unpaired) electrons. The Hall–Kier alpha value is -1.85. The van der Waals surface area contributed by atoms with Crippen molar-refractivity contribution in [3.05, 3.63) is 36.9 Å². The fourth-order valence-electron chi connectivity index (χ4n) is 1.52. The monoisotopic (exact) mass is 279 g/mol. The van der Waals surface area contributed by atoms with Crippen LogP contribution >= 0.6 is 0 Å². The summed E-state index contributed by atoms with van der Waals surface area (Å²) in [5.41, 5.74) is 7.96. The predicted octanol–water partition coefficient (Wildman–Crippen LogP) is 2.53. The van der Waals surface area contributed by atoms with Crippen molar-refractivity contribution in [1.29, 1.82) is 5.41 Å². The van der Waals surface area contributed by atoms with Crippen LogP contribution in [0.2, 0.25) is 0 Å². The zero-order valence-corrected chi connectivity index (χ0v) is 12.2. The van der Waals surface area contributed by atoms with Crippen LogP contribution in [0.15, 0.2) is 31.4 Å². The van der Waals surface area contributed by atoms with Crippen LogP contribution in [0.3, 0.4) is 0 Å². The molecule has 0 aliphatic heterocycles. The molecule has 0 aliphatic carbocycles. The standard InChI is InChI=1S/C13H21N3O2.C2H4/c1-2-17-8-9-18-7-6-16-13-5-3-4-12(15)11(13)10-14;1-2/h3-5,10,14,16H,2,6-9,15H2,1H3;1-2H2. The van der Waals surface area contributed by atoms with E-state index in [1.165, 1.54) is 6.21 Å². The first-order valence-electron chi connectivity index (χ1n) is 6.58. The van der Waals surface area contributed by atoms with Gasteiger partial charge in [0.05, 0.1) is 19.8 Å². The Labute approximate surface area is 121 Å². The zero-order valence-electron chi connectivity index (χ0n) is 12.2. The van der Waals surface area contributed by atoms with Gasteiger partial charge in [-0.05, 0) is 19.1 Å². The summed E-state index contributed by atoms with van der Waals surface area (Å²) in [6.45, 7) is 11.2. The normalized spacial score (nSPS) is 9.45. The van der Waals surface area contributed by atoms with Crippen LogP contribution in [0.5, 0.6) is 0 Å². The summed E-state index contributed by atoms with van der Waals surface area (Å²) in [6.07, 6.45) is 1.26. The molecular weight excluding hydrogens is 254 g/mol. The fourth-order valence-corrected chi connectivity index (χ4v) is 1.52. The first-order chi connectivity index (χ1) is 9.79. The second kappa shape index (κ2) is 12.2. The van der Waals surface area contributed by atoms with Crippen molar-refractivity contribution in [3.8, 4) is 0 Å². The molecule has 0 fully saturated rings. The molecule has 0 bridgehead atoms. The van der Waals surface area contributed by atoms with Gasteiger partial charge in [0.1, 0.15) is 0 Å². The molecule has 0 saturated carbocycles. The number of nitrogens with one attached hydrogen (secondary N) is 2. The first-order valence-corrected chi connectivity index (χ1v) is 6.58. The third-order valence-corrected chi connectivity index (χ3v) is 2.42. The Morgan fingerprint density at radius 3 is 2.60 bits per heavy atom. The topological polar surface area (TPSA) is 80.4 Å². The second-order valence-corrected chi connectivity index (χ2v) is 3.69. The van der Waals surface area contributed by atoms with E-state index in [0.717, 1.165) is 5.69 Å². The number of ether oxygens (including phenoxy) is 2. The van der Waals surface area contributed by atoms with Gasteiger partial charge in [-0.2, -0.15) is 0 Å². The second-order valence-electron chi connectivity index (χ2n) is 3.69. The Bertz CT molecular complexity index is 383. The van der Waals surface area contributed by atoms with Crippen LogP contribution in [-0.4, -0.2) is 39.2 Å². The van der Waals surface area contributed by atoms with Gasteiger partial charge in [0.25, 0.3) is 0 Å². The molecule has 1 rings (SSSR count). The maximum Gasteiger partial charge on any atom is 0.0701 e. The molecule has 0 heterocycles. The molecule has 0 aromatic heterocycles. The third-order valence-electron chi connectivity index (χ3n) is 2.42. The smallest absolute Gasteiger partial charge is 0.0701 e. The van der Waals surface area contributed by atoms with Crippen LogP contribution in [0.4, 0.5) is 11.4 Å². The SMILES string of the molecule is C=C.CCOCCOCCNc1cccc(N)c1C=N.